The van der Waals surface area contributed by atoms with Crippen LogP contribution >= 0.6 is 0 Å². The van der Waals surface area contributed by atoms with Crippen LogP contribution in [-0.4, -0.2) is 56.7 Å². The molecule has 1 aromatic carbocycles. The number of hydrogen-bond acceptors (Lipinski definition) is 7. The van der Waals surface area contributed by atoms with E-state index in [1.165, 1.54) is 0 Å². The molecule has 2 aromatic heterocycles. The van der Waals surface area contributed by atoms with Gasteiger partial charge in [0.25, 0.3) is 0 Å². The van der Waals surface area contributed by atoms with E-state index in [9.17, 15) is 0 Å². The van der Waals surface area contributed by atoms with Crippen LogP contribution in [0.1, 0.15) is 11.7 Å². The molecular weight excluding hydrogens is 344 g/mol. The topological polar surface area (TPSA) is 87.0 Å². The van der Waals surface area contributed by atoms with Gasteiger partial charge in [-0.15, -0.1) is 5.10 Å². The Labute approximate surface area is 156 Å². The summed E-state index contributed by atoms with van der Waals surface area (Å²) in [6.45, 7) is 1.82. The third-order valence-corrected chi connectivity index (χ3v) is 5.14. The molecule has 0 unspecified atom stereocenters. The van der Waals surface area contributed by atoms with Gasteiger partial charge in [-0.2, -0.15) is 0 Å². The molecule has 0 aliphatic carbocycles. The SMILES string of the molecule is c1ccc(-c2nnnn2[C@@H]2CO[C@@H]3[C@@H]2OC[C@@H]3NCc2ccccn2)cc1. The van der Waals surface area contributed by atoms with Crippen LogP contribution in [-0.2, 0) is 16.0 Å². The Kier molecular flexibility index (Phi) is 4.36. The first-order valence-electron chi connectivity index (χ1n) is 9.10. The van der Waals surface area contributed by atoms with E-state index in [2.05, 4.69) is 25.8 Å². The van der Waals surface area contributed by atoms with Gasteiger partial charge >= 0.3 is 0 Å². The fraction of sp³-hybridized carbons (Fsp3) is 0.368. The molecule has 2 saturated heterocycles. The molecule has 2 fully saturated rings. The van der Waals surface area contributed by atoms with Gasteiger partial charge in [0.15, 0.2) is 5.82 Å². The molecule has 4 atom stereocenters. The molecule has 1 N–H and O–H groups in total. The summed E-state index contributed by atoms with van der Waals surface area (Å²) in [4.78, 5) is 4.35. The van der Waals surface area contributed by atoms with E-state index in [4.69, 9.17) is 9.47 Å². The van der Waals surface area contributed by atoms with Crippen LogP contribution in [0, 0.1) is 0 Å². The van der Waals surface area contributed by atoms with Crippen molar-refractivity contribution in [3.05, 3.63) is 60.4 Å². The van der Waals surface area contributed by atoms with Crippen molar-refractivity contribution in [2.24, 2.45) is 0 Å². The van der Waals surface area contributed by atoms with Crippen molar-refractivity contribution < 1.29 is 9.47 Å². The minimum absolute atomic E-state index is 0.0217. The summed E-state index contributed by atoms with van der Waals surface area (Å²) in [6.07, 6.45) is 1.71. The lowest BCUT2D eigenvalue weighted by Gasteiger charge is -2.18. The maximum atomic E-state index is 6.08. The predicted molar refractivity (Wildman–Crippen MR) is 96.6 cm³/mol. The Morgan fingerprint density at radius 1 is 1.00 bits per heavy atom. The van der Waals surface area contributed by atoms with E-state index in [1.807, 2.05) is 53.2 Å². The quantitative estimate of drug-likeness (QED) is 0.729. The van der Waals surface area contributed by atoms with Crippen molar-refractivity contribution in [3.63, 3.8) is 0 Å². The summed E-state index contributed by atoms with van der Waals surface area (Å²) in [5.41, 5.74) is 1.98. The van der Waals surface area contributed by atoms with Gasteiger partial charge in [0.05, 0.1) is 24.9 Å². The summed E-state index contributed by atoms with van der Waals surface area (Å²) >= 11 is 0. The van der Waals surface area contributed by atoms with Crippen molar-refractivity contribution in [2.45, 2.75) is 30.8 Å². The van der Waals surface area contributed by atoms with Crippen LogP contribution in [0.25, 0.3) is 11.4 Å². The van der Waals surface area contributed by atoms with Crippen LogP contribution < -0.4 is 5.32 Å². The number of pyridine rings is 1. The number of fused-ring (bicyclic) bond motifs is 1. The first kappa shape index (κ1) is 16.5. The molecule has 0 amide bonds. The summed E-state index contributed by atoms with van der Waals surface area (Å²) < 4.78 is 14.0. The number of nitrogens with one attached hydrogen (secondary N) is 1. The second kappa shape index (κ2) is 7.15. The molecular formula is C19H20N6O2. The Hall–Kier alpha value is -2.68. The van der Waals surface area contributed by atoms with Crippen molar-refractivity contribution in [3.8, 4) is 11.4 Å². The zero-order valence-electron chi connectivity index (χ0n) is 14.7. The first-order valence-corrected chi connectivity index (χ1v) is 9.10. The lowest BCUT2D eigenvalue weighted by atomic mass is 10.1. The highest BCUT2D eigenvalue weighted by Crippen LogP contribution is 2.35. The monoisotopic (exact) mass is 364 g/mol. The van der Waals surface area contributed by atoms with Gasteiger partial charge in [-0.05, 0) is 22.6 Å². The highest BCUT2D eigenvalue weighted by atomic mass is 16.6. The largest absolute Gasteiger partial charge is 0.371 e. The van der Waals surface area contributed by atoms with Gasteiger partial charge in [-0.3, -0.25) is 4.98 Å². The Morgan fingerprint density at radius 3 is 2.70 bits per heavy atom. The minimum atomic E-state index is -0.0720. The third-order valence-electron chi connectivity index (χ3n) is 5.14. The van der Waals surface area contributed by atoms with Gasteiger partial charge < -0.3 is 14.8 Å². The summed E-state index contributed by atoms with van der Waals surface area (Å²) in [7, 11) is 0. The van der Waals surface area contributed by atoms with Crippen LogP contribution in [0.4, 0.5) is 0 Å². The highest BCUT2D eigenvalue weighted by Gasteiger charge is 2.49. The standard InChI is InChI=1S/C19H20N6O2/c1-2-6-13(7-3-1)19-22-23-24-25(19)16-12-27-17-15(11-26-18(16)17)21-10-14-8-4-5-9-20-14/h1-9,15-18,21H,10-12H2/t15-,16+,17-,18+/m0/s1. The van der Waals surface area contributed by atoms with Gasteiger partial charge in [-0.1, -0.05) is 36.4 Å². The molecule has 4 heterocycles. The minimum Gasteiger partial charge on any atom is -0.371 e. The van der Waals surface area contributed by atoms with Crippen molar-refractivity contribution in [1.29, 1.82) is 0 Å². The number of aromatic nitrogens is 5. The maximum absolute atomic E-state index is 6.08. The van der Waals surface area contributed by atoms with E-state index in [1.54, 1.807) is 6.20 Å². The number of hydrogen-bond donors (Lipinski definition) is 1. The molecule has 0 radical (unpaired) electrons. The smallest absolute Gasteiger partial charge is 0.182 e. The van der Waals surface area contributed by atoms with E-state index in [0.717, 1.165) is 17.1 Å². The van der Waals surface area contributed by atoms with E-state index < -0.39 is 0 Å². The molecule has 3 aromatic rings. The molecule has 2 aliphatic rings. The summed E-state index contributed by atoms with van der Waals surface area (Å²) in [5.74, 6) is 0.735. The van der Waals surface area contributed by atoms with Crippen molar-refractivity contribution >= 4 is 0 Å². The fourth-order valence-electron chi connectivity index (χ4n) is 3.80. The average molecular weight is 364 g/mol. The highest BCUT2D eigenvalue weighted by molar-refractivity contribution is 5.54. The predicted octanol–water partition coefficient (Wildman–Crippen LogP) is 1.23. The van der Waals surface area contributed by atoms with Gasteiger partial charge in [0.1, 0.15) is 18.2 Å². The van der Waals surface area contributed by atoms with E-state index >= 15 is 0 Å². The Morgan fingerprint density at radius 2 is 1.85 bits per heavy atom. The average Bonchev–Trinajstić information content (AvgIpc) is 3.44. The lowest BCUT2D eigenvalue weighted by Crippen LogP contribution is -2.40. The number of benzene rings is 1. The molecule has 8 heteroatoms. The third kappa shape index (κ3) is 3.12. The summed E-state index contributed by atoms with van der Waals surface area (Å²) in [5, 5.41) is 15.8. The molecule has 0 bridgehead atoms. The normalized spacial score (nSPS) is 27.0. The van der Waals surface area contributed by atoms with Crippen LogP contribution in [0.15, 0.2) is 54.7 Å². The zero-order valence-corrected chi connectivity index (χ0v) is 14.7. The van der Waals surface area contributed by atoms with Crippen LogP contribution in [0.2, 0.25) is 0 Å². The number of nitrogens with zero attached hydrogens (tertiary/aromatic N) is 5. The second-order valence-corrected chi connectivity index (χ2v) is 6.78. The Balaban J connectivity index is 1.31. The van der Waals surface area contributed by atoms with Crippen LogP contribution in [0.5, 0.6) is 0 Å². The molecule has 8 nitrogen and oxygen atoms in total. The second-order valence-electron chi connectivity index (χ2n) is 6.78. The molecule has 2 aliphatic heterocycles. The van der Waals surface area contributed by atoms with Gasteiger partial charge in [0.2, 0.25) is 0 Å². The first-order chi connectivity index (χ1) is 13.4. The van der Waals surface area contributed by atoms with E-state index in [0.29, 0.717) is 19.8 Å². The molecule has 138 valence electrons. The fourth-order valence-corrected chi connectivity index (χ4v) is 3.80. The van der Waals surface area contributed by atoms with Crippen LogP contribution in [0.3, 0.4) is 0 Å². The van der Waals surface area contributed by atoms with Crippen molar-refractivity contribution in [1.82, 2.24) is 30.5 Å². The zero-order chi connectivity index (χ0) is 18.1. The number of tetrazole rings is 1. The summed E-state index contributed by atoms with van der Waals surface area (Å²) in [6, 6.07) is 15.9. The number of ether oxygens (including phenoxy) is 2. The lowest BCUT2D eigenvalue weighted by molar-refractivity contribution is 0.0621. The number of rotatable bonds is 5. The molecule has 0 saturated carbocycles. The van der Waals surface area contributed by atoms with E-state index in [-0.39, 0.29) is 24.3 Å². The van der Waals surface area contributed by atoms with Crippen molar-refractivity contribution in [2.75, 3.05) is 13.2 Å². The molecule has 5 rings (SSSR count). The molecule has 0 spiro atoms. The van der Waals surface area contributed by atoms with Gasteiger partial charge in [0, 0.05) is 18.3 Å². The maximum Gasteiger partial charge on any atom is 0.182 e. The Bertz CT molecular complexity index is 887. The van der Waals surface area contributed by atoms with Gasteiger partial charge in [-0.25, -0.2) is 4.68 Å². The molecule has 27 heavy (non-hydrogen) atoms.